The molecule has 1 aromatic rings. The lowest BCUT2D eigenvalue weighted by atomic mass is 10.2. The topological polar surface area (TPSA) is 51.2 Å². The highest BCUT2D eigenvalue weighted by Gasteiger charge is 2.04. The van der Waals surface area contributed by atoms with Crippen molar-refractivity contribution < 1.29 is 9.53 Å². The normalized spacial score (nSPS) is 10.0. The third kappa shape index (κ3) is 4.27. The Morgan fingerprint density at radius 3 is 3.13 bits per heavy atom. The second-order valence-corrected chi connectivity index (χ2v) is 3.36. The van der Waals surface area contributed by atoms with Crippen molar-refractivity contribution in [2.45, 2.75) is 6.42 Å². The second kappa shape index (κ2) is 6.37. The van der Waals surface area contributed by atoms with Gasteiger partial charge in [-0.05, 0) is 18.6 Å². The molecule has 82 valence electrons. The predicted molar refractivity (Wildman–Crippen MR) is 58.1 cm³/mol. The number of methoxy groups -OCH3 is 1. The molecule has 0 spiro atoms. The van der Waals surface area contributed by atoms with Crippen LogP contribution in [-0.2, 0) is 4.74 Å². The number of carbonyl (C=O) groups excluding carboxylic acids is 1. The van der Waals surface area contributed by atoms with Crippen molar-refractivity contribution >= 4 is 17.5 Å². The zero-order chi connectivity index (χ0) is 11.1. The van der Waals surface area contributed by atoms with Gasteiger partial charge in [0, 0.05) is 32.0 Å². The van der Waals surface area contributed by atoms with Crippen LogP contribution in [0.5, 0.6) is 0 Å². The Morgan fingerprint density at radius 1 is 1.67 bits per heavy atom. The first-order valence-corrected chi connectivity index (χ1v) is 5.00. The first kappa shape index (κ1) is 11.9. The van der Waals surface area contributed by atoms with Crippen molar-refractivity contribution in [1.82, 2.24) is 10.3 Å². The lowest BCUT2D eigenvalue weighted by molar-refractivity contribution is 0.0948. The molecule has 0 fully saturated rings. The second-order valence-electron chi connectivity index (χ2n) is 2.97. The van der Waals surface area contributed by atoms with E-state index in [0.717, 1.165) is 6.42 Å². The average molecular weight is 229 g/mol. The molecule has 1 aromatic heterocycles. The average Bonchev–Trinajstić information content (AvgIpc) is 2.24. The van der Waals surface area contributed by atoms with Crippen LogP contribution >= 0.6 is 11.6 Å². The van der Waals surface area contributed by atoms with E-state index < -0.39 is 0 Å². The number of hydrogen-bond donors (Lipinski definition) is 1. The number of halogens is 1. The first-order valence-electron chi connectivity index (χ1n) is 4.62. The molecule has 0 aliphatic rings. The first-order chi connectivity index (χ1) is 7.24. The monoisotopic (exact) mass is 228 g/mol. The summed E-state index contributed by atoms with van der Waals surface area (Å²) in [6.07, 6.45) is 2.30. The van der Waals surface area contributed by atoms with E-state index >= 15 is 0 Å². The van der Waals surface area contributed by atoms with Crippen LogP contribution in [0.1, 0.15) is 16.8 Å². The van der Waals surface area contributed by atoms with E-state index in [1.165, 1.54) is 12.3 Å². The van der Waals surface area contributed by atoms with E-state index in [9.17, 15) is 4.79 Å². The van der Waals surface area contributed by atoms with Gasteiger partial charge in [-0.25, -0.2) is 4.98 Å². The van der Waals surface area contributed by atoms with Gasteiger partial charge in [-0.3, -0.25) is 4.79 Å². The minimum Gasteiger partial charge on any atom is -0.385 e. The number of ether oxygens (including phenoxy) is 1. The van der Waals surface area contributed by atoms with Crippen LogP contribution in [0.15, 0.2) is 18.3 Å². The number of rotatable bonds is 5. The minimum atomic E-state index is -0.143. The number of amides is 1. The predicted octanol–water partition coefficient (Wildman–Crippen LogP) is 1.50. The van der Waals surface area contributed by atoms with E-state index in [1.807, 2.05) is 0 Å². The van der Waals surface area contributed by atoms with Crippen molar-refractivity contribution in [2.24, 2.45) is 0 Å². The highest BCUT2D eigenvalue weighted by Crippen LogP contribution is 2.06. The van der Waals surface area contributed by atoms with Gasteiger partial charge in [0.1, 0.15) is 5.15 Å². The Hall–Kier alpha value is -1.13. The van der Waals surface area contributed by atoms with Crippen molar-refractivity contribution in [1.29, 1.82) is 0 Å². The number of aromatic nitrogens is 1. The molecule has 0 bridgehead atoms. The standard InChI is InChI=1S/C10H13ClN2O2/c1-15-6-2-4-13-10(14)8-3-5-12-9(11)7-8/h3,5,7H,2,4,6H2,1H3,(H,13,14). The minimum absolute atomic E-state index is 0.143. The van der Waals surface area contributed by atoms with Gasteiger partial charge in [0.25, 0.3) is 5.91 Å². The summed E-state index contributed by atoms with van der Waals surface area (Å²) < 4.78 is 4.87. The SMILES string of the molecule is COCCCNC(=O)c1ccnc(Cl)c1. The Morgan fingerprint density at radius 2 is 2.47 bits per heavy atom. The molecule has 0 aliphatic heterocycles. The molecule has 1 N–H and O–H groups in total. The molecule has 15 heavy (non-hydrogen) atoms. The van der Waals surface area contributed by atoms with Crippen molar-refractivity contribution in [3.8, 4) is 0 Å². The summed E-state index contributed by atoms with van der Waals surface area (Å²) in [6.45, 7) is 1.23. The Balaban J connectivity index is 2.40. The molecule has 0 aliphatic carbocycles. The van der Waals surface area contributed by atoms with Gasteiger partial charge in [0.2, 0.25) is 0 Å². The summed E-state index contributed by atoms with van der Waals surface area (Å²) >= 11 is 5.66. The summed E-state index contributed by atoms with van der Waals surface area (Å²) in [5, 5.41) is 3.07. The quantitative estimate of drug-likeness (QED) is 0.614. The number of carbonyl (C=O) groups is 1. The number of nitrogens with zero attached hydrogens (tertiary/aromatic N) is 1. The van der Waals surface area contributed by atoms with Gasteiger partial charge in [0.15, 0.2) is 0 Å². The molecule has 0 unspecified atom stereocenters. The maximum atomic E-state index is 11.5. The molecule has 0 aromatic carbocycles. The lowest BCUT2D eigenvalue weighted by Crippen LogP contribution is -2.25. The fourth-order valence-electron chi connectivity index (χ4n) is 1.06. The Labute approximate surface area is 93.6 Å². The number of hydrogen-bond acceptors (Lipinski definition) is 3. The molecular weight excluding hydrogens is 216 g/mol. The van der Waals surface area contributed by atoms with E-state index in [-0.39, 0.29) is 5.91 Å². The van der Waals surface area contributed by atoms with Crippen LogP contribution in [-0.4, -0.2) is 31.2 Å². The molecule has 0 atom stereocenters. The van der Waals surface area contributed by atoms with E-state index in [4.69, 9.17) is 16.3 Å². The van der Waals surface area contributed by atoms with Crippen molar-refractivity contribution in [3.63, 3.8) is 0 Å². The highest BCUT2D eigenvalue weighted by atomic mass is 35.5. The van der Waals surface area contributed by atoms with Gasteiger partial charge >= 0.3 is 0 Å². The summed E-state index contributed by atoms with van der Waals surface area (Å²) in [7, 11) is 1.63. The van der Waals surface area contributed by atoms with E-state index in [0.29, 0.717) is 23.9 Å². The maximum absolute atomic E-state index is 11.5. The summed E-state index contributed by atoms with van der Waals surface area (Å²) in [5.41, 5.74) is 0.521. The molecule has 1 heterocycles. The van der Waals surface area contributed by atoms with E-state index in [1.54, 1.807) is 13.2 Å². The molecule has 0 saturated heterocycles. The Kier molecular flexibility index (Phi) is 5.07. The molecule has 0 radical (unpaired) electrons. The van der Waals surface area contributed by atoms with Gasteiger partial charge in [-0.15, -0.1) is 0 Å². The highest BCUT2D eigenvalue weighted by molar-refractivity contribution is 6.29. The van der Waals surface area contributed by atoms with Gasteiger partial charge in [-0.1, -0.05) is 11.6 Å². The number of pyridine rings is 1. The summed E-state index contributed by atoms with van der Waals surface area (Å²) in [5.74, 6) is -0.143. The van der Waals surface area contributed by atoms with Crippen LogP contribution in [0.3, 0.4) is 0 Å². The zero-order valence-electron chi connectivity index (χ0n) is 8.50. The fourth-order valence-corrected chi connectivity index (χ4v) is 1.24. The van der Waals surface area contributed by atoms with Gasteiger partial charge in [0.05, 0.1) is 0 Å². The largest absolute Gasteiger partial charge is 0.385 e. The van der Waals surface area contributed by atoms with Crippen LogP contribution < -0.4 is 5.32 Å². The summed E-state index contributed by atoms with van der Waals surface area (Å²) in [4.78, 5) is 15.3. The molecule has 1 amide bonds. The smallest absolute Gasteiger partial charge is 0.251 e. The fraction of sp³-hybridized carbons (Fsp3) is 0.400. The van der Waals surface area contributed by atoms with Gasteiger partial charge in [-0.2, -0.15) is 0 Å². The number of nitrogens with one attached hydrogen (secondary N) is 1. The third-order valence-corrected chi connectivity index (χ3v) is 2.01. The molecule has 0 saturated carbocycles. The van der Waals surface area contributed by atoms with Crippen molar-refractivity contribution in [3.05, 3.63) is 29.0 Å². The molecule has 5 heteroatoms. The zero-order valence-corrected chi connectivity index (χ0v) is 9.25. The lowest BCUT2D eigenvalue weighted by Gasteiger charge is -2.04. The molecule has 1 rings (SSSR count). The van der Waals surface area contributed by atoms with Crippen LogP contribution in [0, 0.1) is 0 Å². The third-order valence-electron chi connectivity index (χ3n) is 1.80. The van der Waals surface area contributed by atoms with E-state index in [2.05, 4.69) is 10.3 Å². The molecule has 4 nitrogen and oxygen atoms in total. The van der Waals surface area contributed by atoms with Crippen molar-refractivity contribution in [2.75, 3.05) is 20.3 Å². The molecular formula is C10H13ClN2O2. The van der Waals surface area contributed by atoms with Crippen LogP contribution in [0.2, 0.25) is 5.15 Å². The van der Waals surface area contributed by atoms with Crippen LogP contribution in [0.25, 0.3) is 0 Å². The summed E-state index contributed by atoms with van der Waals surface area (Å²) in [6, 6.07) is 3.16. The van der Waals surface area contributed by atoms with Crippen LogP contribution in [0.4, 0.5) is 0 Å². The van der Waals surface area contributed by atoms with Gasteiger partial charge < -0.3 is 10.1 Å². The maximum Gasteiger partial charge on any atom is 0.251 e. The Bertz CT molecular complexity index is 331.